The highest BCUT2D eigenvalue weighted by Crippen LogP contribution is 2.24. The van der Waals surface area contributed by atoms with E-state index in [0.717, 1.165) is 25.9 Å². The lowest BCUT2D eigenvalue weighted by Crippen LogP contribution is -2.52. The van der Waals surface area contributed by atoms with Gasteiger partial charge in [0.05, 0.1) is 4.90 Å². The first-order valence-corrected chi connectivity index (χ1v) is 10.5. The Morgan fingerprint density at radius 1 is 1.08 bits per heavy atom. The zero-order chi connectivity index (χ0) is 18.0. The number of piperidine rings is 1. The number of rotatable bonds is 3. The predicted octanol–water partition coefficient (Wildman–Crippen LogP) is 1.96. The number of carbonyl (C=O) groups excluding carboxylic acids is 1. The summed E-state index contributed by atoms with van der Waals surface area (Å²) in [6.45, 7) is 7.56. The fourth-order valence-corrected chi connectivity index (χ4v) is 4.92. The molecule has 2 heterocycles. The molecule has 0 aliphatic carbocycles. The molecule has 2 saturated heterocycles. The molecule has 26 heavy (non-hydrogen) atoms. The Balaban J connectivity index is 0.00000243. The number of piperazine rings is 1. The standard InChI is InChI=1S/C18H27N3O3S.ClH/c1-14-7-10-20(11-8-14)25(23,24)17-5-3-16(4-6-17)18(22)21-12-9-19-13-15(21)2;/h3-6,14-15,19H,7-13H2,1-2H3;1H/t15-;/m0./s1. The third-order valence-corrected chi connectivity index (χ3v) is 7.16. The maximum Gasteiger partial charge on any atom is 0.254 e. The number of hydrogen-bond donors (Lipinski definition) is 1. The third kappa shape index (κ3) is 4.39. The molecule has 0 unspecified atom stereocenters. The van der Waals surface area contributed by atoms with E-state index in [9.17, 15) is 13.2 Å². The lowest BCUT2D eigenvalue weighted by atomic mass is 10.0. The van der Waals surface area contributed by atoms with Gasteiger partial charge in [0.15, 0.2) is 0 Å². The van der Waals surface area contributed by atoms with Crippen LogP contribution in [0.3, 0.4) is 0 Å². The maximum absolute atomic E-state index is 12.8. The molecule has 3 rings (SSSR count). The van der Waals surface area contributed by atoms with Crippen LogP contribution in [0.4, 0.5) is 0 Å². The molecule has 1 N–H and O–H groups in total. The molecule has 6 nitrogen and oxygen atoms in total. The number of amides is 1. The molecule has 2 fully saturated rings. The zero-order valence-electron chi connectivity index (χ0n) is 15.3. The van der Waals surface area contributed by atoms with E-state index >= 15 is 0 Å². The maximum atomic E-state index is 12.8. The topological polar surface area (TPSA) is 69.7 Å². The molecule has 1 aromatic rings. The molecular formula is C18H28ClN3O3S. The van der Waals surface area contributed by atoms with E-state index in [-0.39, 0.29) is 29.3 Å². The smallest absolute Gasteiger partial charge is 0.254 e. The minimum atomic E-state index is -3.47. The highest BCUT2D eigenvalue weighted by Gasteiger charge is 2.29. The highest BCUT2D eigenvalue weighted by molar-refractivity contribution is 7.89. The van der Waals surface area contributed by atoms with Crippen LogP contribution in [0.2, 0.25) is 0 Å². The molecule has 0 saturated carbocycles. The van der Waals surface area contributed by atoms with Crippen LogP contribution < -0.4 is 5.32 Å². The molecular weight excluding hydrogens is 374 g/mol. The van der Waals surface area contributed by atoms with E-state index in [1.807, 2.05) is 11.8 Å². The summed E-state index contributed by atoms with van der Waals surface area (Å²) < 4.78 is 27.1. The van der Waals surface area contributed by atoms with Gasteiger partial charge in [-0.1, -0.05) is 6.92 Å². The molecule has 0 spiro atoms. The first-order chi connectivity index (χ1) is 11.9. The molecule has 1 aromatic carbocycles. The van der Waals surface area contributed by atoms with Crippen LogP contribution in [0, 0.1) is 5.92 Å². The second-order valence-electron chi connectivity index (χ2n) is 7.16. The number of sulfonamides is 1. The Morgan fingerprint density at radius 3 is 2.27 bits per heavy atom. The molecule has 2 aliphatic rings. The fourth-order valence-electron chi connectivity index (χ4n) is 3.45. The molecule has 1 atom stereocenters. The van der Waals surface area contributed by atoms with Gasteiger partial charge in [0.25, 0.3) is 5.91 Å². The molecule has 0 bridgehead atoms. The van der Waals surface area contributed by atoms with Crippen molar-refractivity contribution < 1.29 is 13.2 Å². The van der Waals surface area contributed by atoms with Crippen molar-refractivity contribution in [2.45, 2.75) is 37.6 Å². The van der Waals surface area contributed by atoms with Crippen molar-refractivity contribution in [2.24, 2.45) is 5.92 Å². The quantitative estimate of drug-likeness (QED) is 0.840. The van der Waals surface area contributed by atoms with Crippen molar-refractivity contribution in [3.8, 4) is 0 Å². The monoisotopic (exact) mass is 401 g/mol. The van der Waals surface area contributed by atoms with Gasteiger partial charge < -0.3 is 10.2 Å². The van der Waals surface area contributed by atoms with Gasteiger partial charge in [0, 0.05) is 44.3 Å². The van der Waals surface area contributed by atoms with Crippen LogP contribution in [0.25, 0.3) is 0 Å². The third-order valence-electron chi connectivity index (χ3n) is 5.24. The summed E-state index contributed by atoms with van der Waals surface area (Å²) in [5.74, 6) is 0.539. The fraction of sp³-hybridized carbons (Fsp3) is 0.611. The normalized spacial score (nSPS) is 22.7. The van der Waals surface area contributed by atoms with Gasteiger partial charge in [-0.2, -0.15) is 4.31 Å². The van der Waals surface area contributed by atoms with Crippen LogP contribution in [0.15, 0.2) is 29.2 Å². The van der Waals surface area contributed by atoms with Gasteiger partial charge in [0.1, 0.15) is 0 Å². The lowest BCUT2D eigenvalue weighted by molar-refractivity contribution is 0.0655. The van der Waals surface area contributed by atoms with Crippen LogP contribution >= 0.6 is 12.4 Å². The van der Waals surface area contributed by atoms with Crippen LogP contribution in [-0.2, 0) is 10.0 Å². The molecule has 2 aliphatic heterocycles. The molecule has 146 valence electrons. The average molecular weight is 402 g/mol. The summed E-state index contributed by atoms with van der Waals surface area (Å²) in [6, 6.07) is 6.54. The average Bonchev–Trinajstić information content (AvgIpc) is 2.62. The lowest BCUT2D eigenvalue weighted by Gasteiger charge is -2.34. The highest BCUT2D eigenvalue weighted by atomic mass is 35.5. The first kappa shape index (κ1) is 21.2. The summed E-state index contributed by atoms with van der Waals surface area (Å²) >= 11 is 0. The Bertz CT molecular complexity index is 716. The molecule has 0 aromatic heterocycles. The predicted molar refractivity (Wildman–Crippen MR) is 104 cm³/mol. The van der Waals surface area contributed by atoms with Crippen molar-refractivity contribution in [1.82, 2.24) is 14.5 Å². The van der Waals surface area contributed by atoms with Gasteiger partial charge >= 0.3 is 0 Å². The van der Waals surface area contributed by atoms with E-state index in [4.69, 9.17) is 0 Å². The molecule has 1 amide bonds. The SMILES string of the molecule is CC1CCN(S(=O)(=O)c2ccc(C(=O)N3CCNC[C@@H]3C)cc2)CC1.Cl. The number of hydrogen-bond acceptors (Lipinski definition) is 4. The van der Waals surface area contributed by atoms with Crippen LogP contribution in [0.5, 0.6) is 0 Å². The first-order valence-electron chi connectivity index (χ1n) is 9.01. The molecule has 8 heteroatoms. The Hall–Kier alpha value is -1.15. The van der Waals surface area contributed by atoms with E-state index in [1.165, 1.54) is 0 Å². The van der Waals surface area contributed by atoms with Crippen molar-refractivity contribution in [3.63, 3.8) is 0 Å². The Morgan fingerprint density at radius 2 is 1.69 bits per heavy atom. The summed E-state index contributed by atoms with van der Waals surface area (Å²) in [6.07, 6.45) is 1.80. The summed E-state index contributed by atoms with van der Waals surface area (Å²) in [5.41, 5.74) is 0.542. The number of nitrogens with zero attached hydrogens (tertiary/aromatic N) is 2. The van der Waals surface area contributed by atoms with Crippen molar-refractivity contribution >= 4 is 28.3 Å². The van der Waals surface area contributed by atoms with Crippen molar-refractivity contribution in [1.29, 1.82) is 0 Å². The van der Waals surface area contributed by atoms with E-state index in [0.29, 0.717) is 31.1 Å². The van der Waals surface area contributed by atoms with Gasteiger partial charge in [0.2, 0.25) is 10.0 Å². The largest absolute Gasteiger partial charge is 0.333 e. The Labute approximate surface area is 162 Å². The minimum absolute atomic E-state index is 0. The minimum Gasteiger partial charge on any atom is -0.333 e. The molecule has 0 radical (unpaired) electrons. The summed E-state index contributed by atoms with van der Waals surface area (Å²) in [4.78, 5) is 14.8. The van der Waals surface area contributed by atoms with Crippen molar-refractivity contribution in [2.75, 3.05) is 32.7 Å². The zero-order valence-corrected chi connectivity index (χ0v) is 17.0. The Kier molecular flexibility index (Phi) is 7.07. The van der Waals surface area contributed by atoms with E-state index in [2.05, 4.69) is 12.2 Å². The summed E-state index contributed by atoms with van der Waals surface area (Å²) in [5, 5.41) is 3.26. The number of benzene rings is 1. The van der Waals surface area contributed by atoms with Gasteiger partial charge in [-0.3, -0.25) is 4.79 Å². The van der Waals surface area contributed by atoms with Gasteiger partial charge in [-0.15, -0.1) is 12.4 Å². The number of carbonyl (C=O) groups is 1. The van der Waals surface area contributed by atoms with Crippen molar-refractivity contribution in [3.05, 3.63) is 29.8 Å². The second-order valence-corrected chi connectivity index (χ2v) is 9.10. The number of nitrogens with one attached hydrogen (secondary N) is 1. The van der Waals surface area contributed by atoms with Crippen LogP contribution in [-0.4, -0.2) is 62.3 Å². The van der Waals surface area contributed by atoms with Gasteiger partial charge in [-0.25, -0.2) is 8.42 Å². The van der Waals surface area contributed by atoms with E-state index < -0.39 is 10.0 Å². The van der Waals surface area contributed by atoms with Crippen LogP contribution in [0.1, 0.15) is 37.0 Å². The van der Waals surface area contributed by atoms with E-state index in [1.54, 1.807) is 28.6 Å². The summed E-state index contributed by atoms with van der Waals surface area (Å²) in [7, 11) is -3.47. The second kappa shape index (κ2) is 8.69. The van der Waals surface area contributed by atoms with Gasteiger partial charge in [-0.05, 0) is 49.9 Å². The number of halogens is 1.